The van der Waals surface area contributed by atoms with Gasteiger partial charge in [0.2, 0.25) is 0 Å². The third-order valence-corrected chi connectivity index (χ3v) is 3.95. The van der Waals surface area contributed by atoms with Crippen LogP contribution in [0.2, 0.25) is 0 Å². The highest BCUT2D eigenvalue weighted by atomic mass is 16.5. The molecular weight excluding hydrogens is 292 g/mol. The Balaban J connectivity index is 1.79. The number of carbonyl (C=O) groups is 2. The van der Waals surface area contributed by atoms with Gasteiger partial charge in [0.25, 0.3) is 0 Å². The number of amides is 2. The highest BCUT2D eigenvalue weighted by molar-refractivity contribution is 6.44. The van der Waals surface area contributed by atoms with E-state index in [1.165, 1.54) is 0 Å². The monoisotopic (exact) mass is 310 g/mol. The molecule has 5 nitrogen and oxygen atoms in total. The number of nitrogens with one attached hydrogen (secondary N) is 1. The molecule has 0 aliphatic carbocycles. The van der Waals surface area contributed by atoms with E-state index in [4.69, 9.17) is 4.74 Å². The summed E-state index contributed by atoms with van der Waals surface area (Å²) in [7, 11) is 1.55. The zero-order valence-corrected chi connectivity index (χ0v) is 13.1. The molecule has 0 fully saturated rings. The second-order valence-electron chi connectivity index (χ2n) is 5.54. The van der Waals surface area contributed by atoms with E-state index in [1.54, 1.807) is 36.3 Å². The van der Waals surface area contributed by atoms with Crippen LogP contribution in [0.4, 0.5) is 11.4 Å². The largest absolute Gasteiger partial charge is 0.497 e. The molecule has 0 saturated carbocycles. The van der Waals surface area contributed by atoms with E-state index in [0.29, 0.717) is 11.4 Å². The fourth-order valence-electron chi connectivity index (χ4n) is 2.87. The van der Waals surface area contributed by atoms with E-state index >= 15 is 0 Å². The van der Waals surface area contributed by atoms with Crippen molar-refractivity contribution < 1.29 is 14.3 Å². The van der Waals surface area contributed by atoms with Crippen LogP contribution >= 0.6 is 0 Å². The summed E-state index contributed by atoms with van der Waals surface area (Å²) in [6, 6.07) is 14.6. The summed E-state index contributed by atoms with van der Waals surface area (Å²) in [5.74, 6) is -0.581. The van der Waals surface area contributed by atoms with Gasteiger partial charge in [-0.15, -0.1) is 0 Å². The number of hydrogen-bond donors (Lipinski definition) is 1. The van der Waals surface area contributed by atoms with Crippen LogP contribution in [-0.4, -0.2) is 25.0 Å². The molecule has 23 heavy (non-hydrogen) atoms. The summed E-state index contributed by atoms with van der Waals surface area (Å²) in [6.07, 6.45) is 0.758. The van der Waals surface area contributed by atoms with Gasteiger partial charge in [-0.2, -0.15) is 0 Å². The summed E-state index contributed by atoms with van der Waals surface area (Å²) in [6.45, 7) is 1.94. The Morgan fingerprint density at radius 3 is 2.74 bits per heavy atom. The molecule has 2 amide bonds. The fraction of sp³-hybridized carbons (Fsp3) is 0.222. The van der Waals surface area contributed by atoms with Crippen LogP contribution in [0.3, 0.4) is 0 Å². The summed E-state index contributed by atoms with van der Waals surface area (Å²) in [5, 5.41) is 2.63. The lowest BCUT2D eigenvalue weighted by Gasteiger charge is -2.22. The average molecular weight is 310 g/mol. The van der Waals surface area contributed by atoms with Crippen molar-refractivity contribution in [1.29, 1.82) is 0 Å². The zero-order valence-electron chi connectivity index (χ0n) is 13.1. The number of methoxy groups -OCH3 is 1. The van der Waals surface area contributed by atoms with E-state index in [1.807, 2.05) is 31.2 Å². The van der Waals surface area contributed by atoms with Crippen molar-refractivity contribution in [2.75, 3.05) is 17.3 Å². The number of ether oxygens (including phenoxy) is 1. The number of anilines is 2. The van der Waals surface area contributed by atoms with Crippen molar-refractivity contribution >= 4 is 23.2 Å². The van der Waals surface area contributed by atoms with E-state index in [-0.39, 0.29) is 6.04 Å². The Hall–Kier alpha value is -2.82. The molecule has 0 saturated heterocycles. The molecule has 1 aliphatic heterocycles. The maximum absolute atomic E-state index is 12.6. The summed E-state index contributed by atoms with van der Waals surface area (Å²) in [5.41, 5.74) is 2.43. The van der Waals surface area contributed by atoms with Crippen molar-refractivity contribution in [2.24, 2.45) is 0 Å². The topological polar surface area (TPSA) is 58.6 Å². The van der Waals surface area contributed by atoms with Crippen molar-refractivity contribution in [3.05, 3.63) is 54.1 Å². The third kappa shape index (κ3) is 2.90. The molecule has 3 rings (SSSR count). The third-order valence-electron chi connectivity index (χ3n) is 3.95. The maximum Gasteiger partial charge on any atom is 0.316 e. The number of para-hydroxylation sites is 1. The average Bonchev–Trinajstić information content (AvgIpc) is 2.90. The molecular formula is C18H18N2O3. The van der Waals surface area contributed by atoms with E-state index in [2.05, 4.69) is 5.32 Å². The molecule has 0 spiro atoms. The second kappa shape index (κ2) is 6.12. The minimum absolute atomic E-state index is 0.0315. The smallest absolute Gasteiger partial charge is 0.316 e. The predicted molar refractivity (Wildman–Crippen MR) is 88.7 cm³/mol. The highest BCUT2D eigenvalue weighted by Crippen LogP contribution is 2.32. The van der Waals surface area contributed by atoms with Crippen LogP contribution in [-0.2, 0) is 16.0 Å². The van der Waals surface area contributed by atoms with Crippen LogP contribution in [0.25, 0.3) is 0 Å². The molecule has 1 atom stereocenters. The molecule has 1 unspecified atom stereocenters. The first-order valence-corrected chi connectivity index (χ1v) is 7.46. The van der Waals surface area contributed by atoms with Gasteiger partial charge in [-0.1, -0.05) is 24.3 Å². The van der Waals surface area contributed by atoms with E-state index < -0.39 is 11.8 Å². The Morgan fingerprint density at radius 2 is 1.96 bits per heavy atom. The van der Waals surface area contributed by atoms with Gasteiger partial charge in [0.15, 0.2) is 0 Å². The molecule has 5 heteroatoms. The summed E-state index contributed by atoms with van der Waals surface area (Å²) >= 11 is 0. The van der Waals surface area contributed by atoms with Gasteiger partial charge in [-0.05, 0) is 37.1 Å². The van der Waals surface area contributed by atoms with Gasteiger partial charge >= 0.3 is 11.8 Å². The fourth-order valence-corrected chi connectivity index (χ4v) is 2.87. The van der Waals surface area contributed by atoms with E-state index in [9.17, 15) is 9.59 Å². The van der Waals surface area contributed by atoms with Gasteiger partial charge in [0.1, 0.15) is 5.75 Å². The quantitative estimate of drug-likeness (QED) is 0.868. The molecule has 0 aromatic heterocycles. The minimum Gasteiger partial charge on any atom is -0.497 e. The lowest BCUT2D eigenvalue weighted by atomic mass is 10.1. The zero-order chi connectivity index (χ0) is 16.4. The normalized spacial score (nSPS) is 15.9. The Morgan fingerprint density at radius 1 is 1.17 bits per heavy atom. The molecule has 118 valence electrons. The van der Waals surface area contributed by atoms with Crippen molar-refractivity contribution in [1.82, 2.24) is 0 Å². The lowest BCUT2D eigenvalue weighted by Crippen LogP contribution is -2.43. The van der Waals surface area contributed by atoms with Gasteiger partial charge in [0, 0.05) is 23.5 Å². The maximum atomic E-state index is 12.6. The summed E-state index contributed by atoms with van der Waals surface area (Å²) < 4.78 is 5.11. The number of carbonyl (C=O) groups excluding carboxylic acids is 2. The van der Waals surface area contributed by atoms with Crippen LogP contribution < -0.4 is 15.0 Å². The second-order valence-corrected chi connectivity index (χ2v) is 5.54. The van der Waals surface area contributed by atoms with Gasteiger partial charge in [0.05, 0.1) is 7.11 Å². The first-order chi connectivity index (χ1) is 11.1. The highest BCUT2D eigenvalue weighted by Gasteiger charge is 2.34. The minimum atomic E-state index is -0.651. The first kappa shape index (κ1) is 15.1. The molecule has 1 heterocycles. The molecule has 0 bridgehead atoms. The lowest BCUT2D eigenvalue weighted by molar-refractivity contribution is -0.134. The van der Waals surface area contributed by atoms with Crippen molar-refractivity contribution in [3.63, 3.8) is 0 Å². The molecule has 1 aliphatic rings. The number of rotatable bonds is 2. The Bertz CT molecular complexity index is 757. The number of benzene rings is 2. The first-order valence-electron chi connectivity index (χ1n) is 7.46. The predicted octanol–water partition coefficient (Wildman–Crippen LogP) is 2.61. The number of fused-ring (bicyclic) bond motifs is 1. The van der Waals surface area contributed by atoms with Crippen molar-refractivity contribution in [3.8, 4) is 5.75 Å². The van der Waals surface area contributed by atoms with E-state index in [0.717, 1.165) is 17.7 Å². The Kier molecular flexibility index (Phi) is 4.02. The molecule has 1 N–H and O–H groups in total. The van der Waals surface area contributed by atoms with Crippen LogP contribution in [0.15, 0.2) is 48.5 Å². The van der Waals surface area contributed by atoms with Crippen LogP contribution in [0, 0.1) is 0 Å². The van der Waals surface area contributed by atoms with Crippen LogP contribution in [0.5, 0.6) is 5.75 Å². The Labute approximate surface area is 134 Å². The molecule has 2 aromatic carbocycles. The number of hydrogen-bond acceptors (Lipinski definition) is 3. The molecule has 0 radical (unpaired) electrons. The van der Waals surface area contributed by atoms with Gasteiger partial charge < -0.3 is 15.0 Å². The standard InChI is InChI=1S/C18H18N2O3/c1-12-10-13-6-3-4-9-16(13)20(12)18(22)17(21)19-14-7-5-8-15(11-14)23-2/h3-9,11-12H,10H2,1-2H3,(H,19,21). The summed E-state index contributed by atoms with van der Waals surface area (Å²) in [4.78, 5) is 26.4. The van der Waals surface area contributed by atoms with Gasteiger partial charge in [-0.3, -0.25) is 9.59 Å². The SMILES string of the molecule is COc1cccc(NC(=O)C(=O)N2c3ccccc3CC2C)c1. The van der Waals surface area contributed by atoms with Crippen molar-refractivity contribution in [2.45, 2.75) is 19.4 Å². The molecule has 2 aromatic rings. The number of nitrogens with zero attached hydrogens (tertiary/aromatic N) is 1. The van der Waals surface area contributed by atoms with Crippen LogP contribution in [0.1, 0.15) is 12.5 Å². The van der Waals surface area contributed by atoms with Gasteiger partial charge in [-0.25, -0.2) is 0 Å².